The predicted molar refractivity (Wildman–Crippen MR) is 128 cm³/mol. The fourth-order valence-corrected chi connectivity index (χ4v) is 3.22. The molecule has 0 aromatic heterocycles. The molecule has 0 fully saturated rings. The van der Waals surface area contributed by atoms with E-state index >= 15 is 0 Å². The number of methoxy groups -OCH3 is 1. The van der Waals surface area contributed by atoms with Crippen molar-refractivity contribution >= 4 is 11.8 Å². The lowest BCUT2D eigenvalue weighted by atomic mass is 10.1. The van der Waals surface area contributed by atoms with Crippen molar-refractivity contribution in [2.24, 2.45) is 0 Å². The van der Waals surface area contributed by atoms with Gasteiger partial charge in [0.25, 0.3) is 5.91 Å². The Morgan fingerprint density at radius 3 is 2.15 bits per heavy atom. The van der Waals surface area contributed by atoms with Gasteiger partial charge >= 0.3 is 0 Å². The van der Waals surface area contributed by atoms with E-state index in [4.69, 9.17) is 9.47 Å². The number of ether oxygens (including phenoxy) is 2. The molecular formula is C27H30N2O4. The Kier molecular flexibility index (Phi) is 9.33. The number of benzene rings is 3. The Balaban J connectivity index is 1.27. The summed E-state index contributed by atoms with van der Waals surface area (Å²) in [5.41, 5.74) is 2.83. The summed E-state index contributed by atoms with van der Waals surface area (Å²) in [6.45, 7) is 1.56. The third-order valence-electron chi connectivity index (χ3n) is 5.13. The van der Waals surface area contributed by atoms with E-state index in [1.54, 1.807) is 31.4 Å². The molecule has 33 heavy (non-hydrogen) atoms. The molecule has 0 saturated heterocycles. The topological polar surface area (TPSA) is 76.7 Å². The van der Waals surface area contributed by atoms with Crippen LogP contribution in [-0.2, 0) is 17.8 Å². The molecular weight excluding hydrogens is 416 g/mol. The summed E-state index contributed by atoms with van der Waals surface area (Å²) >= 11 is 0. The molecule has 0 aliphatic carbocycles. The summed E-state index contributed by atoms with van der Waals surface area (Å²) in [6, 6.07) is 24.9. The molecule has 3 aromatic carbocycles. The quantitative estimate of drug-likeness (QED) is 0.410. The van der Waals surface area contributed by atoms with Gasteiger partial charge in [0.05, 0.1) is 7.11 Å². The number of carbonyl (C=O) groups is 2. The van der Waals surface area contributed by atoms with Gasteiger partial charge in [-0.15, -0.1) is 0 Å². The molecule has 2 amide bonds. The van der Waals surface area contributed by atoms with Crippen molar-refractivity contribution in [2.75, 3.05) is 20.2 Å². The summed E-state index contributed by atoms with van der Waals surface area (Å²) in [7, 11) is 1.58. The van der Waals surface area contributed by atoms with E-state index in [-0.39, 0.29) is 11.8 Å². The van der Waals surface area contributed by atoms with Crippen LogP contribution in [0, 0.1) is 0 Å². The number of rotatable bonds is 12. The zero-order valence-electron chi connectivity index (χ0n) is 18.9. The lowest BCUT2D eigenvalue weighted by molar-refractivity contribution is -0.121. The van der Waals surface area contributed by atoms with E-state index in [2.05, 4.69) is 10.6 Å². The van der Waals surface area contributed by atoms with Crippen LogP contribution in [0.3, 0.4) is 0 Å². The third kappa shape index (κ3) is 8.33. The highest BCUT2D eigenvalue weighted by Gasteiger charge is 2.06. The number of carbonyl (C=O) groups excluding carboxylic acids is 2. The first-order valence-corrected chi connectivity index (χ1v) is 11.1. The maximum atomic E-state index is 12.1. The van der Waals surface area contributed by atoms with Crippen LogP contribution >= 0.6 is 0 Å². The molecule has 0 bridgehead atoms. The van der Waals surface area contributed by atoms with Gasteiger partial charge in [0.15, 0.2) is 0 Å². The Labute approximate surface area is 194 Å². The molecule has 0 radical (unpaired) electrons. The van der Waals surface area contributed by atoms with Gasteiger partial charge in [-0.25, -0.2) is 0 Å². The standard InChI is InChI=1S/C27H30N2O4/c1-32-24-15-11-23(12-16-24)27(31)29-18-5-8-26(30)28-19-17-21-9-13-25(14-10-21)33-20-22-6-3-2-4-7-22/h2-4,6-7,9-16H,5,8,17-20H2,1H3,(H,28,30)(H,29,31). The maximum absolute atomic E-state index is 12.1. The van der Waals surface area contributed by atoms with Gasteiger partial charge in [0.1, 0.15) is 18.1 Å². The zero-order chi connectivity index (χ0) is 23.3. The van der Waals surface area contributed by atoms with E-state index < -0.39 is 0 Å². The van der Waals surface area contributed by atoms with Crippen molar-refractivity contribution in [3.05, 3.63) is 95.6 Å². The average molecular weight is 447 g/mol. The minimum Gasteiger partial charge on any atom is -0.497 e. The van der Waals surface area contributed by atoms with Crippen LogP contribution in [-0.4, -0.2) is 32.0 Å². The molecule has 0 saturated carbocycles. The summed E-state index contributed by atoms with van der Waals surface area (Å²) in [5, 5.41) is 5.76. The summed E-state index contributed by atoms with van der Waals surface area (Å²) in [6.07, 6.45) is 1.70. The smallest absolute Gasteiger partial charge is 0.251 e. The second-order valence-electron chi connectivity index (χ2n) is 7.61. The highest BCUT2D eigenvalue weighted by Crippen LogP contribution is 2.14. The van der Waals surface area contributed by atoms with Gasteiger partial charge in [-0.3, -0.25) is 9.59 Å². The van der Waals surface area contributed by atoms with Crippen molar-refractivity contribution in [3.63, 3.8) is 0 Å². The highest BCUT2D eigenvalue weighted by molar-refractivity contribution is 5.94. The Morgan fingerprint density at radius 2 is 1.45 bits per heavy atom. The van der Waals surface area contributed by atoms with Crippen LogP contribution in [0.4, 0.5) is 0 Å². The van der Waals surface area contributed by atoms with Crippen LogP contribution in [0.25, 0.3) is 0 Å². The predicted octanol–water partition coefficient (Wildman–Crippen LogP) is 4.14. The molecule has 0 heterocycles. The number of hydrogen-bond acceptors (Lipinski definition) is 4. The first-order chi connectivity index (χ1) is 16.1. The molecule has 2 N–H and O–H groups in total. The average Bonchev–Trinajstić information content (AvgIpc) is 2.86. The van der Waals surface area contributed by atoms with Gasteiger partial charge in [0.2, 0.25) is 5.91 Å². The largest absolute Gasteiger partial charge is 0.497 e. The lowest BCUT2D eigenvalue weighted by Crippen LogP contribution is -2.28. The van der Waals surface area contributed by atoms with Crippen molar-refractivity contribution in [2.45, 2.75) is 25.9 Å². The first kappa shape index (κ1) is 23.9. The van der Waals surface area contributed by atoms with Crippen LogP contribution in [0.15, 0.2) is 78.9 Å². The number of hydrogen-bond donors (Lipinski definition) is 2. The lowest BCUT2D eigenvalue weighted by Gasteiger charge is -2.09. The number of amides is 2. The minimum atomic E-state index is -0.158. The Bertz CT molecular complexity index is 1000. The molecule has 0 unspecified atom stereocenters. The highest BCUT2D eigenvalue weighted by atomic mass is 16.5. The van der Waals surface area contributed by atoms with Crippen LogP contribution in [0.2, 0.25) is 0 Å². The number of nitrogens with one attached hydrogen (secondary N) is 2. The zero-order valence-corrected chi connectivity index (χ0v) is 18.9. The first-order valence-electron chi connectivity index (χ1n) is 11.1. The molecule has 0 aliphatic heterocycles. The van der Waals surface area contributed by atoms with E-state index in [9.17, 15) is 9.59 Å². The monoisotopic (exact) mass is 446 g/mol. The SMILES string of the molecule is COc1ccc(C(=O)NCCCC(=O)NCCc2ccc(OCc3ccccc3)cc2)cc1. The molecule has 6 heteroatoms. The summed E-state index contributed by atoms with van der Waals surface area (Å²) in [5.74, 6) is 1.35. The second kappa shape index (κ2) is 12.9. The van der Waals surface area contributed by atoms with Crippen molar-refractivity contribution in [1.82, 2.24) is 10.6 Å². The van der Waals surface area contributed by atoms with E-state index in [0.717, 1.165) is 23.3 Å². The van der Waals surface area contributed by atoms with Crippen molar-refractivity contribution < 1.29 is 19.1 Å². The summed E-state index contributed by atoms with van der Waals surface area (Å²) in [4.78, 5) is 24.1. The van der Waals surface area contributed by atoms with Crippen molar-refractivity contribution in [3.8, 4) is 11.5 Å². The van der Waals surface area contributed by atoms with Gasteiger partial charge in [-0.1, -0.05) is 42.5 Å². The molecule has 172 valence electrons. The second-order valence-corrected chi connectivity index (χ2v) is 7.61. The molecule has 3 rings (SSSR count). The fourth-order valence-electron chi connectivity index (χ4n) is 3.22. The molecule has 0 spiro atoms. The van der Waals surface area contributed by atoms with Gasteiger partial charge in [-0.2, -0.15) is 0 Å². The molecule has 0 atom stereocenters. The van der Waals surface area contributed by atoms with Crippen LogP contribution in [0.5, 0.6) is 11.5 Å². The molecule has 6 nitrogen and oxygen atoms in total. The Morgan fingerprint density at radius 1 is 0.758 bits per heavy atom. The Hall–Kier alpha value is -3.80. The maximum Gasteiger partial charge on any atom is 0.251 e. The minimum absolute atomic E-state index is 0.0171. The van der Waals surface area contributed by atoms with Crippen molar-refractivity contribution in [1.29, 1.82) is 0 Å². The van der Waals surface area contributed by atoms with Crippen LogP contribution < -0.4 is 20.1 Å². The van der Waals surface area contributed by atoms with Gasteiger partial charge in [-0.05, 0) is 60.4 Å². The van der Waals surface area contributed by atoms with Gasteiger partial charge in [0, 0.05) is 25.1 Å². The fraction of sp³-hybridized carbons (Fsp3) is 0.259. The van der Waals surface area contributed by atoms with Crippen LogP contribution in [0.1, 0.15) is 34.3 Å². The summed E-state index contributed by atoms with van der Waals surface area (Å²) < 4.78 is 10.9. The molecule has 3 aromatic rings. The normalized spacial score (nSPS) is 10.3. The van der Waals surface area contributed by atoms with E-state index in [1.165, 1.54) is 0 Å². The molecule has 0 aliphatic rings. The van der Waals surface area contributed by atoms with Gasteiger partial charge < -0.3 is 20.1 Å². The van der Waals surface area contributed by atoms with E-state index in [1.807, 2.05) is 54.6 Å². The third-order valence-corrected chi connectivity index (χ3v) is 5.13. The van der Waals surface area contributed by atoms with E-state index in [0.29, 0.717) is 43.9 Å².